The van der Waals surface area contributed by atoms with Crippen molar-refractivity contribution < 1.29 is 60.3 Å². The standard InChI is InChI=1S/C35H29N9O7S2.Na/c1-19-15-28(27(37)18-26(19)36)42-39-24-11-7-20(8-12-24)21-9-13-25(14-10-21)41-43-33-29(52(46,47)48)16-22-17-30(53(49,50)51)34(35(45)31(22)32(33)38)44-40-23-5-3-2-4-6-23;/h2-18,40H,36-38H2,1H3,(H,46,47,48)(H,49,50,51);/q;+1. The van der Waals surface area contributed by atoms with Crippen LogP contribution in [0.2, 0.25) is 0 Å². The zero-order chi connectivity index (χ0) is 38.1. The Morgan fingerprint density at radius 3 is 1.81 bits per heavy atom. The first kappa shape index (κ1) is 39.6. The van der Waals surface area contributed by atoms with Crippen molar-refractivity contribution in [2.75, 3.05) is 22.6 Å². The van der Waals surface area contributed by atoms with Gasteiger partial charge in [0, 0.05) is 5.69 Å². The Hall–Kier alpha value is -5.60. The summed E-state index contributed by atoms with van der Waals surface area (Å²) >= 11 is 0. The minimum absolute atomic E-state index is 0. The van der Waals surface area contributed by atoms with Gasteiger partial charge < -0.3 is 17.2 Å². The van der Waals surface area contributed by atoms with Gasteiger partial charge in [-0.25, -0.2) is 0 Å². The number of benzene rings is 5. The van der Waals surface area contributed by atoms with Crippen LogP contribution in [0.3, 0.4) is 0 Å². The van der Waals surface area contributed by atoms with Crippen molar-refractivity contribution in [3.8, 4) is 11.1 Å². The third kappa shape index (κ3) is 8.61. The average molecular weight is 775 g/mol. The Morgan fingerprint density at radius 2 is 1.26 bits per heavy atom. The summed E-state index contributed by atoms with van der Waals surface area (Å²) in [5.41, 5.74) is 23.3. The number of fused-ring (bicyclic) bond motifs is 1. The van der Waals surface area contributed by atoms with E-state index in [0.29, 0.717) is 28.4 Å². The number of carbonyl (C=O) groups is 1. The van der Waals surface area contributed by atoms with Crippen molar-refractivity contribution in [1.29, 1.82) is 0 Å². The monoisotopic (exact) mass is 774 g/mol. The fourth-order valence-electron chi connectivity index (χ4n) is 5.21. The molecule has 5 aromatic rings. The van der Waals surface area contributed by atoms with E-state index in [1.807, 2.05) is 19.1 Å². The first-order valence-electron chi connectivity index (χ1n) is 15.4. The fraction of sp³-hybridized carbons (Fsp3) is 0.0286. The van der Waals surface area contributed by atoms with Gasteiger partial charge in [-0.2, -0.15) is 32.2 Å². The number of hydrazone groups is 1. The molecule has 0 atom stereocenters. The molecule has 16 nitrogen and oxygen atoms in total. The molecule has 0 aromatic heterocycles. The van der Waals surface area contributed by atoms with Crippen molar-refractivity contribution >= 4 is 83.3 Å². The molecule has 0 bridgehead atoms. The Labute approximate surface area is 331 Å². The maximum atomic E-state index is 13.7. The molecule has 0 radical (unpaired) electrons. The molecule has 6 rings (SSSR count). The van der Waals surface area contributed by atoms with Gasteiger partial charge >= 0.3 is 29.6 Å². The van der Waals surface area contributed by atoms with E-state index in [9.17, 15) is 30.7 Å². The first-order valence-corrected chi connectivity index (χ1v) is 18.2. The molecular formula is C35H29N9NaO7S2+. The van der Waals surface area contributed by atoms with Gasteiger partial charge in [-0.3, -0.25) is 19.3 Å². The molecule has 5 aromatic carbocycles. The number of nitrogens with zero attached hydrogens (tertiary/aromatic N) is 5. The number of allylic oxidation sites excluding steroid dienone is 1. The number of nitrogen functional groups attached to an aromatic ring is 3. The Kier molecular flexibility index (Phi) is 11.6. The molecule has 0 aliphatic heterocycles. The van der Waals surface area contributed by atoms with Crippen LogP contribution in [-0.2, 0) is 20.2 Å². The molecule has 19 heteroatoms. The number of hydrogen-bond acceptors (Lipinski definition) is 14. The largest absolute Gasteiger partial charge is 1.00 e. The summed E-state index contributed by atoms with van der Waals surface area (Å²) in [6.07, 6.45) is 0.814. The first-order chi connectivity index (χ1) is 25.1. The Bertz CT molecular complexity index is 2630. The second-order valence-electron chi connectivity index (χ2n) is 11.6. The van der Waals surface area contributed by atoms with Crippen LogP contribution < -0.4 is 52.2 Å². The van der Waals surface area contributed by atoms with Crippen molar-refractivity contribution in [2.24, 2.45) is 25.6 Å². The molecule has 0 saturated heterocycles. The van der Waals surface area contributed by atoms with E-state index in [2.05, 4.69) is 31.0 Å². The van der Waals surface area contributed by atoms with Crippen molar-refractivity contribution in [3.05, 3.63) is 119 Å². The number of carbonyl (C=O) groups excluding carboxylic acids is 1. The topological polar surface area (TPSA) is 278 Å². The van der Waals surface area contributed by atoms with E-state index in [1.165, 1.54) is 0 Å². The second kappa shape index (κ2) is 15.8. The molecule has 0 amide bonds. The van der Waals surface area contributed by atoms with Crippen molar-refractivity contribution in [3.63, 3.8) is 0 Å². The molecular weight excluding hydrogens is 746 g/mol. The van der Waals surface area contributed by atoms with E-state index in [4.69, 9.17) is 17.2 Å². The molecule has 1 aliphatic rings. The van der Waals surface area contributed by atoms with Gasteiger partial charge in [0.2, 0.25) is 5.78 Å². The summed E-state index contributed by atoms with van der Waals surface area (Å²) in [4.78, 5) is 11.9. The fourth-order valence-corrected chi connectivity index (χ4v) is 6.53. The van der Waals surface area contributed by atoms with Crippen LogP contribution in [-0.4, -0.2) is 37.4 Å². The van der Waals surface area contributed by atoms with Gasteiger partial charge in [-0.1, -0.05) is 42.5 Å². The number of nitrogens with two attached hydrogens (primary N) is 3. The van der Waals surface area contributed by atoms with Crippen LogP contribution in [0, 0.1) is 6.92 Å². The van der Waals surface area contributed by atoms with Gasteiger partial charge in [0.15, 0.2) is 5.71 Å². The van der Waals surface area contributed by atoms with E-state index in [-0.39, 0.29) is 46.4 Å². The van der Waals surface area contributed by atoms with E-state index >= 15 is 0 Å². The summed E-state index contributed by atoms with van der Waals surface area (Å²) in [5.74, 6) is -1.07. The summed E-state index contributed by atoms with van der Waals surface area (Å²) < 4.78 is 69.3. The van der Waals surface area contributed by atoms with E-state index in [0.717, 1.165) is 28.8 Å². The quantitative estimate of drug-likeness (QED) is 0.0402. The van der Waals surface area contributed by atoms with Crippen LogP contribution >= 0.6 is 0 Å². The normalized spacial score (nSPS) is 13.9. The zero-order valence-electron chi connectivity index (χ0n) is 28.5. The van der Waals surface area contributed by atoms with Crippen LogP contribution in [0.25, 0.3) is 17.2 Å². The minimum Gasteiger partial charge on any atom is -0.398 e. The molecule has 9 N–H and O–H groups in total. The molecule has 54 heavy (non-hydrogen) atoms. The molecule has 0 fully saturated rings. The average Bonchev–Trinajstić information content (AvgIpc) is 3.11. The predicted octanol–water partition coefficient (Wildman–Crippen LogP) is 4.38. The molecule has 0 heterocycles. The van der Waals surface area contributed by atoms with E-state index < -0.39 is 52.9 Å². The summed E-state index contributed by atoms with van der Waals surface area (Å²) in [6, 6.07) is 26.3. The number of rotatable bonds is 9. The smallest absolute Gasteiger partial charge is 0.398 e. The SMILES string of the molecule is Cc1cc(N=Nc2ccc(-c3ccc(N=Nc4c(S(=O)(=O)O)cc5c(c4N)C(=O)C(=NNc4ccccc4)C(S(=O)(=O)O)=C5)cc3)cc2)c(N)cc1N.[Na+]. The Morgan fingerprint density at radius 1 is 0.685 bits per heavy atom. The number of ketones is 1. The van der Waals surface area contributed by atoms with Gasteiger partial charge in [0.25, 0.3) is 20.2 Å². The summed E-state index contributed by atoms with van der Waals surface area (Å²) in [7, 11) is -10.1. The number of Topliss-reactive ketones (excluding diaryl/α,β-unsaturated/α-hetero) is 1. The number of azo groups is 2. The van der Waals surface area contributed by atoms with Gasteiger partial charge in [-0.05, 0) is 89.9 Å². The molecule has 1 aliphatic carbocycles. The predicted molar refractivity (Wildman–Crippen MR) is 202 cm³/mol. The minimum atomic E-state index is -5.06. The third-order valence-electron chi connectivity index (χ3n) is 7.94. The molecule has 0 spiro atoms. The molecule has 268 valence electrons. The number of aryl methyl sites for hydroxylation is 1. The van der Waals surface area contributed by atoms with E-state index in [1.54, 1.807) is 78.9 Å². The van der Waals surface area contributed by atoms with Gasteiger partial charge in [0.1, 0.15) is 21.2 Å². The van der Waals surface area contributed by atoms with Gasteiger partial charge in [0.05, 0.1) is 34.0 Å². The van der Waals surface area contributed by atoms with Crippen LogP contribution in [0.4, 0.5) is 45.5 Å². The van der Waals surface area contributed by atoms with Crippen molar-refractivity contribution in [2.45, 2.75) is 11.8 Å². The Balaban J connectivity index is 0.00000561. The summed E-state index contributed by atoms with van der Waals surface area (Å²) in [5, 5.41) is 20.4. The maximum absolute atomic E-state index is 13.7. The number of anilines is 4. The number of nitrogens with one attached hydrogen (secondary N) is 1. The van der Waals surface area contributed by atoms with Crippen LogP contribution in [0.5, 0.6) is 0 Å². The zero-order valence-corrected chi connectivity index (χ0v) is 32.2. The number of hydrogen-bond donors (Lipinski definition) is 6. The van der Waals surface area contributed by atoms with Crippen LogP contribution in [0.15, 0.2) is 132 Å². The van der Waals surface area contributed by atoms with Crippen LogP contribution in [0.1, 0.15) is 21.5 Å². The summed E-state index contributed by atoms with van der Waals surface area (Å²) in [6.45, 7) is 1.85. The third-order valence-corrected chi connectivity index (χ3v) is 9.68. The number of para-hydroxylation sites is 1. The van der Waals surface area contributed by atoms with Gasteiger partial charge in [-0.15, -0.1) is 10.2 Å². The van der Waals surface area contributed by atoms with Crippen molar-refractivity contribution in [1.82, 2.24) is 0 Å². The molecule has 0 unspecified atom stereocenters. The molecule has 0 saturated carbocycles. The maximum Gasteiger partial charge on any atom is 1.00 e. The second-order valence-corrected chi connectivity index (χ2v) is 14.4.